The van der Waals surface area contributed by atoms with E-state index in [0.717, 1.165) is 12.8 Å². The standard InChI is InChI=1S/C67H76BN3/c1-61(2,3)44-26-30-48(31-27-44)69-57-40-49(71-55-35-29-46(63(7,8)9)37-51(55)66(15)41-65(13,14)42-67(66,71)16)32-33-53(57)68-52-24-20-21-25-56(52)70(59-39-47(64(10,11)12)38-58(69)60(59)68)54-34-28-45(62(4,5)6)36-50(54)43-22-18-17-19-23-43/h17-40H,41-42H2,1-16H3. The molecule has 7 aromatic rings. The highest BCUT2D eigenvalue weighted by Gasteiger charge is 2.64. The maximum atomic E-state index is 2.78. The van der Waals surface area contributed by atoms with Gasteiger partial charge in [0.05, 0.1) is 11.2 Å². The molecule has 0 bridgehead atoms. The maximum absolute atomic E-state index is 2.78. The lowest BCUT2D eigenvalue weighted by Gasteiger charge is -2.46. The summed E-state index contributed by atoms with van der Waals surface area (Å²) < 4.78 is 0. The van der Waals surface area contributed by atoms with E-state index in [0.29, 0.717) is 0 Å². The SMILES string of the molecule is CC1(C)CC2(C)c3cc(C(C)(C)C)ccc3N(c3ccc4c(c3)N(c3ccc(C(C)(C)C)cc3)c3cc(C(C)(C)C)cc5c3B4c3ccccc3N5c3ccc(C(C)(C)C)cc3-c3ccccc3)C2(C)C1. The van der Waals surface area contributed by atoms with Gasteiger partial charge in [-0.1, -0.05) is 189 Å². The van der Waals surface area contributed by atoms with E-state index in [2.05, 4.69) is 271 Å². The van der Waals surface area contributed by atoms with Crippen molar-refractivity contribution < 1.29 is 0 Å². The summed E-state index contributed by atoms with van der Waals surface area (Å²) in [5.41, 5.74) is 23.4. The van der Waals surface area contributed by atoms with Gasteiger partial charge in [-0.15, -0.1) is 0 Å². The third-order valence-electron chi connectivity index (χ3n) is 17.3. The van der Waals surface area contributed by atoms with E-state index in [1.165, 1.54) is 101 Å². The second-order valence-electron chi connectivity index (χ2n) is 27.2. The second kappa shape index (κ2) is 15.5. The van der Waals surface area contributed by atoms with Gasteiger partial charge in [0.1, 0.15) is 0 Å². The average Bonchev–Trinajstić information content (AvgIpc) is 3.61. The van der Waals surface area contributed by atoms with Crippen LogP contribution in [0.5, 0.6) is 0 Å². The Labute approximate surface area is 427 Å². The summed E-state index contributed by atoms with van der Waals surface area (Å²) in [6.45, 7) is 38.3. The van der Waals surface area contributed by atoms with Crippen LogP contribution in [0.1, 0.15) is 151 Å². The van der Waals surface area contributed by atoms with Crippen LogP contribution in [0, 0.1) is 5.41 Å². The zero-order valence-electron chi connectivity index (χ0n) is 45.7. The molecule has 0 saturated heterocycles. The molecule has 1 aliphatic carbocycles. The Morgan fingerprint density at radius 1 is 0.408 bits per heavy atom. The number of para-hydroxylation sites is 1. The number of anilines is 8. The van der Waals surface area contributed by atoms with Crippen molar-refractivity contribution >= 4 is 68.6 Å². The van der Waals surface area contributed by atoms with Crippen LogP contribution < -0.4 is 31.1 Å². The van der Waals surface area contributed by atoms with Crippen molar-refractivity contribution in [3.8, 4) is 11.1 Å². The highest BCUT2D eigenvalue weighted by atomic mass is 15.3. The van der Waals surface area contributed by atoms with Crippen molar-refractivity contribution in [2.24, 2.45) is 5.41 Å². The van der Waals surface area contributed by atoms with E-state index in [-0.39, 0.29) is 44.7 Å². The Morgan fingerprint density at radius 3 is 1.58 bits per heavy atom. The molecule has 0 radical (unpaired) electrons. The minimum absolute atomic E-state index is 0.0103. The first kappa shape index (κ1) is 47.3. The Balaban J connectivity index is 1.21. The lowest BCUT2D eigenvalue weighted by molar-refractivity contribution is 0.330. The number of fused-ring (bicyclic) bond motifs is 7. The number of hydrogen-bond donors (Lipinski definition) is 0. The van der Waals surface area contributed by atoms with Gasteiger partial charge in [-0.25, -0.2) is 0 Å². The van der Waals surface area contributed by atoms with Crippen molar-refractivity contribution in [1.29, 1.82) is 0 Å². The number of nitrogens with zero attached hydrogens (tertiary/aromatic N) is 3. The molecule has 11 rings (SSSR count). The van der Waals surface area contributed by atoms with Crippen LogP contribution in [0.15, 0.2) is 146 Å². The molecule has 3 aliphatic heterocycles. The van der Waals surface area contributed by atoms with Gasteiger partial charge in [-0.05, 0) is 157 Å². The fraction of sp³-hybridized carbons (Fsp3) is 0.373. The molecule has 7 aromatic carbocycles. The molecule has 0 N–H and O–H groups in total. The van der Waals surface area contributed by atoms with Crippen LogP contribution in [-0.2, 0) is 27.1 Å². The first-order valence-corrected chi connectivity index (χ1v) is 26.5. The van der Waals surface area contributed by atoms with Gasteiger partial charge in [0, 0.05) is 50.8 Å². The van der Waals surface area contributed by atoms with Crippen LogP contribution in [0.2, 0.25) is 0 Å². The van der Waals surface area contributed by atoms with Crippen LogP contribution in [0.25, 0.3) is 11.1 Å². The van der Waals surface area contributed by atoms with E-state index in [1.807, 2.05) is 0 Å². The largest absolute Gasteiger partial charge is 0.334 e. The normalized spacial score (nSPS) is 20.1. The highest BCUT2D eigenvalue weighted by Crippen LogP contribution is 2.67. The number of benzene rings is 7. The monoisotopic (exact) mass is 934 g/mol. The van der Waals surface area contributed by atoms with Crippen molar-refractivity contribution in [3.05, 3.63) is 173 Å². The van der Waals surface area contributed by atoms with Gasteiger partial charge >= 0.3 is 0 Å². The third-order valence-corrected chi connectivity index (χ3v) is 17.3. The van der Waals surface area contributed by atoms with E-state index < -0.39 is 0 Å². The maximum Gasteiger partial charge on any atom is 0.252 e. The molecule has 362 valence electrons. The smallest absolute Gasteiger partial charge is 0.252 e. The van der Waals surface area contributed by atoms with Gasteiger partial charge < -0.3 is 14.7 Å². The van der Waals surface area contributed by atoms with Crippen LogP contribution >= 0.6 is 0 Å². The van der Waals surface area contributed by atoms with E-state index in [9.17, 15) is 0 Å². The van der Waals surface area contributed by atoms with Gasteiger partial charge in [0.2, 0.25) is 0 Å². The van der Waals surface area contributed by atoms with Crippen LogP contribution in [0.4, 0.5) is 45.5 Å². The zero-order valence-corrected chi connectivity index (χ0v) is 45.7. The minimum Gasteiger partial charge on any atom is -0.334 e. The minimum atomic E-state index is -0.134. The molecule has 0 amide bonds. The lowest BCUT2D eigenvalue weighted by Crippen LogP contribution is -2.61. The second-order valence-corrected chi connectivity index (χ2v) is 27.2. The summed E-state index contributed by atoms with van der Waals surface area (Å²) in [7, 11) is 0. The van der Waals surface area contributed by atoms with E-state index in [4.69, 9.17) is 0 Å². The average molecular weight is 934 g/mol. The van der Waals surface area contributed by atoms with Crippen LogP contribution in [-0.4, -0.2) is 12.3 Å². The molecule has 0 spiro atoms. The number of hydrogen-bond acceptors (Lipinski definition) is 3. The summed E-state index contributed by atoms with van der Waals surface area (Å²) in [5.74, 6) is 0. The molecule has 71 heavy (non-hydrogen) atoms. The Bertz CT molecular complexity index is 3260. The lowest BCUT2D eigenvalue weighted by atomic mass is 9.33. The molecular weight excluding hydrogens is 858 g/mol. The predicted octanol–water partition coefficient (Wildman–Crippen LogP) is 16.6. The molecule has 3 heterocycles. The van der Waals surface area contributed by atoms with Gasteiger partial charge in [0.25, 0.3) is 6.71 Å². The zero-order chi connectivity index (χ0) is 50.6. The topological polar surface area (TPSA) is 9.72 Å². The van der Waals surface area contributed by atoms with Gasteiger partial charge in [-0.3, -0.25) is 0 Å². The molecule has 4 aliphatic rings. The Morgan fingerprint density at radius 2 is 0.944 bits per heavy atom. The summed E-state index contributed by atoms with van der Waals surface area (Å²) in [5, 5.41) is 0. The molecular formula is C67H76BN3. The van der Waals surface area contributed by atoms with E-state index in [1.54, 1.807) is 0 Å². The molecule has 0 aromatic heterocycles. The summed E-state index contributed by atoms with van der Waals surface area (Å²) in [6, 6.07) is 57.1. The molecule has 2 atom stereocenters. The quantitative estimate of drug-likeness (QED) is 0.163. The number of rotatable bonds is 4. The van der Waals surface area contributed by atoms with Crippen molar-refractivity contribution in [1.82, 2.24) is 0 Å². The van der Waals surface area contributed by atoms with Gasteiger partial charge in [0.15, 0.2) is 0 Å². The van der Waals surface area contributed by atoms with Crippen molar-refractivity contribution in [2.75, 3.05) is 14.7 Å². The summed E-state index contributed by atoms with van der Waals surface area (Å²) >= 11 is 0. The Kier molecular flexibility index (Phi) is 10.3. The molecule has 1 saturated carbocycles. The molecule has 2 unspecified atom stereocenters. The summed E-state index contributed by atoms with van der Waals surface area (Å²) in [6.07, 6.45) is 2.26. The molecule has 3 nitrogen and oxygen atoms in total. The first-order valence-electron chi connectivity index (χ1n) is 26.5. The van der Waals surface area contributed by atoms with Crippen molar-refractivity contribution in [3.63, 3.8) is 0 Å². The fourth-order valence-corrected chi connectivity index (χ4v) is 13.6. The van der Waals surface area contributed by atoms with Gasteiger partial charge in [-0.2, -0.15) is 0 Å². The first-order chi connectivity index (χ1) is 33.2. The predicted molar refractivity (Wildman–Crippen MR) is 308 cm³/mol. The summed E-state index contributed by atoms with van der Waals surface area (Å²) in [4.78, 5) is 8.04. The van der Waals surface area contributed by atoms with E-state index >= 15 is 0 Å². The Hall–Kier alpha value is -6.00. The van der Waals surface area contributed by atoms with Crippen molar-refractivity contribution in [2.45, 2.75) is 156 Å². The van der Waals surface area contributed by atoms with Crippen LogP contribution in [0.3, 0.4) is 0 Å². The fourth-order valence-electron chi connectivity index (χ4n) is 13.6. The third kappa shape index (κ3) is 7.35. The molecule has 4 heteroatoms. The highest BCUT2D eigenvalue weighted by molar-refractivity contribution is 7.00. The molecule has 1 fully saturated rings.